The Labute approximate surface area is 129 Å². The van der Waals surface area contributed by atoms with E-state index in [1.165, 1.54) is 0 Å². The highest BCUT2D eigenvalue weighted by atomic mass is 79.9. The molecule has 1 rings (SSSR count). The molecular formula is C12H14Br2N2OS. The molecule has 18 heavy (non-hydrogen) atoms. The van der Waals surface area contributed by atoms with E-state index < -0.39 is 5.41 Å². The molecule has 0 bridgehead atoms. The summed E-state index contributed by atoms with van der Waals surface area (Å²) in [7, 11) is 0. The third-order valence-electron chi connectivity index (χ3n) is 2.61. The first-order chi connectivity index (χ1) is 8.16. The average Bonchev–Trinajstić information content (AvgIpc) is 2.22. The minimum absolute atomic E-state index is 0.166. The van der Waals surface area contributed by atoms with Gasteiger partial charge in [-0.3, -0.25) is 4.79 Å². The summed E-state index contributed by atoms with van der Waals surface area (Å²) in [6, 6.07) is 3.85. The van der Waals surface area contributed by atoms with Crippen LogP contribution in [0.15, 0.2) is 21.1 Å². The van der Waals surface area contributed by atoms with Crippen LogP contribution in [0.25, 0.3) is 0 Å². The summed E-state index contributed by atoms with van der Waals surface area (Å²) in [6.45, 7) is 5.36. The number of benzene rings is 1. The van der Waals surface area contributed by atoms with Crippen LogP contribution in [-0.4, -0.2) is 10.9 Å². The Morgan fingerprint density at radius 2 is 1.78 bits per heavy atom. The number of thiocarbonyl (C=S) groups is 1. The number of hydrogen-bond donors (Lipinski definition) is 2. The SMILES string of the molecule is Cc1cc(Br)c(NC(=O)C(C)(C)C(N)=S)c(Br)c1. The van der Waals surface area contributed by atoms with Gasteiger partial charge in [0, 0.05) is 8.95 Å². The molecule has 0 radical (unpaired) electrons. The molecule has 1 amide bonds. The van der Waals surface area contributed by atoms with Crippen molar-refractivity contribution in [2.24, 2.45) is 11.1 Å². The smallest absolute Gasteiger partial charge is 0.236 e. The Kier molecular flexibility index (Phi) is 4.91. The topological polar surface area (TPSA) is 55.1 Å². The van der Waals surface area contributed by atoms with Crippen molar-refractivity contribution in [3.05, 3.63) is 26.6 Å². The minimum atomic E-state index is -0.890. The maximum Gasteiger partial charge on any atom is 0.236 e. The fraction of sp³-hybridized carbons (Fsp3) is 0.333. The van der Waals surface area contributed by atoms with Crippen molar-refractivity contribution in [1.29, 1.82) is 0 Å². The lowest BCUT2D eigenvalue weighted by atomic mass is 9.92. The van der Waals surface area contributed by atoms with Crippen molar-refractivity contribution in [3.8, 4) is 0 Å². The summed E-state index contributed by atoms with van der Waals surface area (Å²) in [5.41, 5.74) is 6.44. The predicted molar refractivity (Wildman–Crippen MR) is 85.8 cm³/mol. The Balaban J connectivity index is 3.07. The van der Waals surface area contributed by atoms with Crippen molar-refractivity contribution in [2.75, 3.05) is 5.32 Å². The molecule has 3 nitrogen and oxygen atoms in total. The summed E-state index contributed by atoms with van der Waals surface area (Å²) in [4.78, 5) is 12.3. The third-order valence-corrected chi connectivity index (χ3v) is 4.37. The van der Waals surface area contributed by atoms with Crippen LogP contribution >= 0.6 is 44.1 Å². The van der Waals surface area contributed by atoms with Crippen LogP contribution in [0.5, 0.6) is 0 Å². The zero-order chi connectivity index (χ0) is 14.1. The van der Waals surface area contributed by atoms with Gasteiger partial charge in [0.25, 0.3) is 0 Å². The number of hydrogen-bond acceptors (Lipinski definition) is 2. The van der Waals surface area contributed by atoms with E-state index in [0.717, 1.165) is 14.5 Å². The number of nitrogens with one attached hydrogen (secondary N) is 1. The predicted octanol–water partition coefficient (Wildman–Crippen LogP) is 3.77. The van der Waals surface area contributed by atoms with E-state index >= 15 is 0 Å². The second-order valence-electron chi connectivity index (χ2n) is 4.55. The number of carbonyl (C=O) groups is 1. The molecule has 0 heterocycles. The number of anilines is 1. The molecule has 0 aromatic heterocycles. The largest absolute Gasteiger partial charge is 0.392 e. The van der Waals surface area contributed by atoms with Gasteiger partial charge in [-0.1, -0.05) is 12.2 Å². The summed E-state index contributed by atoms with van der Waals surface area (Å²) < 4.78 is 1.61. The highest BCUT2D eigenvalue weighted by molar-refractivity contribution is 9.11. The molecule has 0 aliphatic carbocycles. The summed E-state index contributed by atoms with van der Waals surface area (Å²) in [6.07, 6.45) is 0. The van der Waals surface area contributed by atoms with Crippen LogP contribution in [-0.2, 0) is 4.79 Å². The van der Waals surface area contributed by atoms with Gasteiger partial charge in [0.2, 0.25) is 5.91 Å². The van der Waals surface area contributed by atoms with Gasteiger partial charge in [-0.25, -0.2) is 0 Å². The van der Waals surface area contributed by atoms with Crippen molar-refractivity contribution >= 4 is 60.7 Å². The first-order valence-electron chi connectivity index (χ1n) is 5.23. The normalized spacial score (nSPS) is 11.2. The Morgan fingerprint density at radius 1 is 1.33 bits per heavy atom. The third kappa shape index (κ3) is 3.30. The summed E-state index contributed by atoms with van der Waals surface area (Å²) in [5, 5.41) is 2.83. The second-order valence-corrected chi connectivity index (χ2v) is 6.70. The van der Waals surface area contributed by atoms with Crippen molar-refractivity contribution < 1.29 is 4.79 Å². The second kappa shape index (κ2) is 5.67. The lowest BCUT2D eigenvalue weighted by molar-refractivity contribution is -0.121. The van der Waals surface area contributed by atoms with Crippen LogP contribution < -0.4 is 11.1 Å². The Bertz CT molecular complexity index is 492. The van der Waals surface area contributed by atoms with E-state index in [0.29, 0.717) is 5.69 Å². The molecule has 0 aliphatic heterocycles. The first kappa shape index (κ1) is 15.6. The molecule has 0 spiro atoms. The molecule has 0 unspecified atom stereocenters. The molecule has 1 aromatic rings. The molecule has 0 saturated carbocycles. The molecule has 98 valence electrons. The van der Waals surface area contributed by atoms with Crippen molar-refractivity contribution in [3.63, 3.8) is 0 Å². The summed E-state index contributed by atoms with van der Waals surface area (Å²) >= 11 is 11.7. The van der Waals surface area contributed by atoms with E-state index in [2.05, 4.69) is 37.2 Å². The molecule has 0 atom stereocenters. The maximum absolute atomic E-state index is 12.1. The minimum Gasteiger partial charge on any atom is -0.392 e. The van der Waals surface area contributed by atoms with Gasteiger partial charge in [0.15, 0.2) is 0 Å². The first-order valence-corrected chi connectivity index (χ1v) is 7.22. The number of rotatable bonds is 3. The molecule has 0 saturated heterocycles. The lowest BCUT2D eigenvalue weighted by Crippen LogP contribution is -2.41. The molecule has 3 N–H and O–H groups in total. The molecule has 0 fully saturated rings. The van der Waals surface area contributed by atoms with Crippen LogP contribution in [0.4, 0.5) is 5.69 Å². The van der Waals surface area contributed by atoms with Gasteiger partial charge in [-0.2, -0.15) is 0 Å². The molecular weight excluding hydrogens is 380 g/mol. The molecule has 0 aliphatic rings. The fourth-order valence-electron chi connectivity index (χ4n) is 1.20. The van der Waals surface area contributed by atoms with Crippen LogP contribution in [0.2, 0.25) is 0 Å². The van der Waals surface area contributed by atoms with E-state index in [-0.39, 0.29) is 10.9 Å². The maximum atomic E-state index is 12.1. The monoisotopic (exact) mass is 392 g/mol. The van der Waals surface area contributed by atoms with Gasteiger partial charge in [-0.15, -0.1) is 0 Å². The number of amides is 1. The van der Waals surface area contributed by atoms with E-state index in [4.69, 9.17) is 18.0 Å². The number of halogens is 2. The van der Waals surface area contributed by atoms with Crippen LogP contribution in [0.3, 0.4) is 0 Å². The van der Waals surface area contributed by atoms with Crippen LogP contribution in [0.1, 0.15) is 19.4 Å². The average molecular weight is 394 g/mol. The molecule has 1 aromatic carbocycles. The summed E-state index contributed by atoms with van der Waals surface area (Å²) in [5.74, 6) is -0.236. The van der Waals surface area contributed by atoms with Gasteiger partial charge >= 0.3 is 0 Å². The number of nitrogens with two attached hydrogens (primary N) is 1. The number of aryl methyl sites for hydroxylation is 1. The highest BCUT2D eigenvalue weighted by Gasteiger charge is 2.31. The highest BCUT2D eigenvalue weighted by Crippen LogP contribution is 2.33. The fourth-order valence-corrected chi connectivity index (χ4v) is 2.91. The Morgan fingerprint density at radius 3 is 2.17 bits per heavy atom. The zero-order valence-corrected chi connectivity index (χ0v) is 14.3. The van der Waals surface area contributed by atoms with Crippen molar-refractivity contribution in [2.45, 2.75) is 20.8 Å². The van der Waals surface area contributed by atoms with Gasteiger partial charge in [0.05, 0.1) is 16.1 Å². The van der Waals surface area contributed by atoms with Gasteiger partial charge < -0.3 is 11.1 Å². The standard InChI is InChI=1S/C12H14Br2N2OS/c1-6-4-7(13)9(8(14)5-6)16-11(17)12(2,3)10(15)18/h4-5H,1-3H3,(H2,15,18)(H,16,17). The quantitative estimate of drug-likeness (QED) is 0.768. The Hall–Kier alpha value is -0.460. The zero-order valence-electron chi connectivity index (χ0n) is 10.3. The number of carbonyl (C=O) groups excluding carboxylic acids is 1. The van der Waals surface area contributed by atoms with E-state index in [1.807, 2.05) is 19.1 Å². The van der Waals surface area contributed by atoms with Crippen molar-refractivity contribution in [1.82, 2.24) is 0 Å². The lowest BCUT2D eigenvalue weighted by Gasteiger charge is -2.23. The molecule has 6 heteroatoms. The van der Waals surface area contributed by atoms with Gasteiger partial charge in [-0.05, 0) is 70.3 Å². The van der Waals surface area contributed by atoms with E-state index in [9.17, 15) is 4.79 Å². The van der Waals surface area contributed by atoms with Crippen LogP contribution in [0, 0.1) is 12.3 Å². The van der Waals surface area contributed by atoms with E-state index in [1.54, 1.807) is 13.8 Å². The van der Waals surface area contributed by atoms with Gasteiger partial charge in [0.1, 0.15) is 0 Å².